The fourth-order valence-corrected chi connectivity index (χ4v) is 6.46. The van der Waals surface area contributed by atoms with Crippen LogP contribution in [0.25, 0.3) is 0 Å². The van der Waals surface area contributed by atoms with Crippen molar-refractivity contribution in [3.63, 3.8) is 0 Å². The lowest BCUT2D eigenvalue weighted by atomic mass is 10.1. The number of rotatable bonds is 41. The molecule has 0 aromatic carbocycles. The quantitative estimate of drug-likeness (QED) is 0.0235. The third-order valence-electron chi connectivity index (χ3n) is 9.23. The van der Waals surface area contributed by atoms with Crippen LogP contribution in [0.3, 0.4) is 0 Å². The maximum atomic E-state index is 12.6. The Kier molecular flexibility index (Phi) is 40.6. The maximum absolute atomic E-state index is 12.6. The van der Waals surface area contributed by atoms with Gasteiger partial charge in [0.25, 0.3) is 0 Å². The maximum Gasteiger partial charge on any atom is 0.472 e. The molecule has 0 saturated heterocycles. The van der Waals surface area contributed by atoms with Crippen molar-refractivity contribution in [1.82, 2.24) is 0 Å². The summed E-state index contributed by atoms with van der Waals surface area (Å²) < 4.78 is 32.7. The molecule has 1 unspecified atom stereocenters. The number of hydrogen-bond acceptors (Lipinski definition) is 9. The van der Waals surface area contributed by atoms with Crippen LogP contribution in [0.4, 0.5) is 0 Å². The molecule has 0 aromatic rings. The molecule has 0 aromatic heterocycles. The molecule has 0 aliphatic heterocycles. The lowest BCUT2D eigenvalue weighted by Gasteiger charge is -2.19. The van der Waals surface area contributed by atoms with E-state index in [9.17, 15) is 24.2 Å². The van der Waals surface area contributed by atoms with Gasteiger partial charge in [0.1, 0.15) is 6.61 Å². The van der Waals surface area contributed by atoms with Gasteiger partial charge < -0.3 is 25.2 Å². The van der Waals surface area contributed by atoms with Gasteiger partial charge in [-0.1, -0.05) is 145 Å². The Balaban J connectivity index is 4.24. The number of nitrogens with two attached hydrogens (primary N) is 1. The summed E-state index contributed by atoms with van der Waals surface area (Å²) >= 11 is 0. The Bertz CT molecular complexity index is 1200. The third kappa shape index (κ3) is 41.6. The van der Waals surface area contributed by atoms with Gasteiger partial charge in [0.15, 0.2) is 6.10 Å². The molecule has 3 atom stereocenters. The second-order valence-electron chi connectivity index (χ2n) is 14.7. The van der Waals surface area contributed by atoms with Crippen molar-refractivity contribution >= 4 is 19.8 Å². The van der Waals surface area contributed by atoms with Crippen molar-refractivity contribution in [1.29, 1.82) is 0 Å². The Labute approximate surface area is 353 Å². The molecule has 0 rings (SSSR count). The highest BCUT2D eigenvalue weighted by Crippen LogP contribution is 2.43. The van der Waals surface area contributed by atoms with Crippen molar-refractivity contribution in [3.8, 4) is 0 Å². The van der Waals surface area contributed by atoms with Crippen LogP contribution in [0.2, 0.25) is 0 Å². The summed E-state index contributed by atoms with van der Waals surface area (Å²) in [7, 11) is -4.41. The standard InChI is InChI=1S/C47H82NO9P/c1-3-5-6-7-8-9-10-11-12-13-14-15-16-20-23-26-29-32-35-38-46(50)54-42-45(43-56-58(52,53)55-41-40-48)57-47(51)39-36-33-30-27-24-21-18-17-19-22-25-28-31-34-37-44(49)4-2/h8-9,11-12,18-19,21-22,27-28,30-31,44-45,49H,3-7,10,13-17,20,23-26,29,32-43,48H2,1-2H3,(H,52,53)/b9-8-,12-11-,21-18-,22-19-,30-27-,31-28-/t44-,45-/m1/s1. The number of unbranched alkanes of at least 4 members (excludes halogenated alkanes) is 13. The summed E-state index contributed by atoms with van der Waals surface area (Å²) in [5, 5.41) is 9.56. The molecule has 58 heavy (non-hydrogen) atoms. The normalized spacial score (nSPS) is 14.5. The molecular weight excluding hydrogens is 753 g/mol. The average Bonchev–Trinajstić information content (AvgIpc) is 3.21. The average molecular weight is 836 g/mol. The highest BCUT2D eigenvalue weighted by molar-refractivity contribution is 7.47. The molecule has 10 nitrogen and oxygen atoms in total. The van der Waals surface area contributed by atoms with E-state index in [4.69, 9.17) is 24.3 Å². The van der Waals surface area contributed by atoms with E-state index in [0.29, 0.717) is 19.3 Å². The molecule has 0 aliphatic carbocycles. The molecular formula is C47H82NO9P. The minimum absolute atomic E-state index is 0.0351. The van der Waals surface area contributed by atoms with E-state index in [1.54, 1.807) is 0 Å². The van der Waals surface area contributed by atoms with Crippen molar-refractivity contribution in [3.05, 3.63) is 72.9 Å². The smallest absolute Gasteiger partial charge is 0.462 e. The molecule has 0 spiro atoms. The van der Waals surface area contributed by atoms with Gasteiger partial charge in [-0.3, -0.25) is 18.6 Å². The number of allylic oxidation sites excluding steroid dienone is 12. The highest BCUT2D eigenvalue weighted by atomic mass is 31.2. The van der Waals surface area contributed by atoms with Gasteiger partial charge >= 0.3 is 19.8 Å². The molecule has 11 heteroatoms. The first-order valence-electron chi connectivity index (χ1n) is 22.5. The molecule has 4 N–H and O–H groups in total. The Morgan fingerprint density at radius 2 is 1.05 bits per heavy atom. The molecule has 0 amide bonds. The Morgan fingerprint density at radius 1 is 0.586 bits per heavy atom. The van der Waals surface area contributed by atoms with Gasteiger partial charge in [-0.05, 0) is 89.9 Å². The lowest BCUT2D eigenvalue weighted by molar-refractivity contribution is -0.161. The van der Waals surface area contributed by atoms with Crippen LogP contribution in [0.15, 0.2) is 72.9 Å². The fraction of sp³-hybridized carbons (Fsp3) is 0.702. The van der Waals surface area contributed by atoms with E-state index in [1.165, 1.54) is 57.8 Å². The number of esters is 2. The van der Waals surface area contributed by atoms with Crippen LogP contribution in [0, 0.1) is 0 Å². The molecule has 0 bridgehead atoms. The van der Waals surface area contributed by atoms with E-state index in [2.05, 4.69) is 67.7 Å². The van der Waals surface area contributed by atoms with Crippen LogP contribution in [-0.4, -0.2) is 60.5 Å². The number of phosphoric acid groups is 1. The van der Waals surface area contributed by atoms with Crippen LogP contribution in [-0.2, 0) is 32.7 Å². The van der Waals surface area contributed by atoms with E-state index in [1.807, 2.05) is 19.1 Å². The molecule has 334 valence electrons. The van der Waals surface area contributed by atoms with E-state index < -0.39 is 32.5 Å². The number of phosphoric ester groups is 1. The van der Waals surface area contributed by atoms with Crippen molar-refractivity contribution in [2.75, 3.05) is 26.4 Å². The topological polar surface area (TPSA) is 155 Å². The van der Waals surface area contributed by atoms with Crippen molar-refractivity contribution in [2.45, 2.75) is 187 Å². The number of aliphatic hydroxyl groups is 1. The van der Waals surface area contributed by atoms with Gasteiger partial charge in [-0.25, -0.2) is 4.57 Å². The van der Waals surface area contributed by atoms with Gasteiger partial charge in [-0.15, -0.1) is 0 Å². The fourth-order valence-electron chi connectivity index (χ4n) is 5.70. The minimum atomic E-state index is -4.41. The zero-order valence-corrected chi connectivity index (χ0v) is 37.3. The van der Waals surface area contributed by atoms with Gasteiger partial charge in [0.05, 0.1) is 19.3 Å². The highest BCUT2D eigenvalue weighted by Gasteiger charge is 2.26. The van der Waals surface area contributed by atoms with E-state index in [-0.39, 0.29) is 38.7 Å². The number of ether oxygens (including phenoxy) is 2. The van der Waals surface area contributed by atoms with Crippen LogP contribution >= 0.6 is 7.82 Å². The molecule has 0 aliphatic rings. The zero-order chi connectivity index (χ0) is 42.6. The molecule has 0 fully saturated rings. The van der Waals surface area contributed by atoms with Gasteiger partial charge in [0, 0.05) is 19.4 Å². The van der Waals surface area contributed by atoms with Crippen LogP contribution < -0.4 is 5.73 Å². The number of carbonyl (C=O) groups excluding carboxylic acids is 2. The summed E-state index contributed by atoms with van der Waals surface area (Å²) in [5.74, 6) is -0.922. The summed E-state index contributed by atoms with van der Waals surface area (Å²) in [6.45, 7) is 3.34. The first-order chi connectivity index (χ1) is 28.2. The summed E-state index contributed by atoms with van der Waals surface area (Å²) in [4.78, 5) is 34.9. The van der Waals surface area contributed by atoms with Crippen molar-refractivity contribution in [2.24, 2.45) is 5.73 Å². The third-order valence-corrected chi connectivity index (χ3v) is 10.2. The Hall–Kier alpha value is -2.59. The number of carbonyl (C=O) groups is 2. The zero-order valence-electron chi connectivity index (χ0n) is 36.4. The predicted molar refractivity (Wildman–Crippen MR) is 239 cm³/mol. The molecule has 0 radical (unpaired) electrons. The first-order valence-corrected chi connectivity index (χ1v) is 24.0. The summed E-state index contributed by atoms with van der Waals surface area (Å²) in [6.07, 6.45) is 48.8. The van der Waals surface area contributed by atoms with Gasteiger partial charge in [0.2, 0.25) is 0 Å². The van der Waals surface area contributed by atoms with Crippen molar-refractivity contribution < 1.29 is 42.7 Å². The largest absolute Gasteiger partial charge is 0.472 e. The second kappa shape index (κ2) is 42.5. The SMILES string of the molecule is CCCCC/C=C\C/C=C\CCCCCCCCCCCC(=O)OC[C@H](COP(=O)(O)OCCN)OC(=O)CCC/C=C\C/C=C\C/C=C\C/C=C\CC[C@H](O)CC. The lowest BCUT2D eigenvalue weighted by Crippen LogP contribution is -2.29. The number of aliphatic hydroxyl groups excluding tert-OH is 1. The molecule has 0 heterocycles. The monoisotopic (exact) mass is 836 g/mol. The predicted octanol–water partition coefficient (Wildman–Crippen LogP) is 12.0. The summed E-state index contributed by atoms with van der Waals surface area (Å²) in [6, 6.07) is 0. The minimum Gasteiger partial charge on any atom is -0.462 e. The van der Waals surface area contributed by atoms with E-state index in [0.717, 1.165) is 70.6 Å². The first kappa shape index (κ1) is 55.4. The van der Waals surface area contributed by atoms with E-state index >= 15 is 0 Å². The van der Waals surface area contributed by atoms with Crippen LogP contribution in [0.1, 0.15) is 174 Å². The summed E-state index contributed by atoms with van der Waals surface area (Å²) in [5.41, 5.74) is 5.34. The number of hydrogen-bond donors (Lipinski definition) is 3. The Morgan fingerprint density at radius 3 is 1.59 bits per heavy atom. The second-order valence-corrected chi connectivity index (χ2v) is 16.2. The van der Waals surface area contributed by atoms with Crippen LogP contribution in [0.5, 0.6) is 0 Å². The molecule has 0 saturated carbocycles. The van der Waals surface area contributed by atoms with Gasteiger partial charge in [-0.2, -0.15) is 0 Å².